The molecule has 0 saturated carbocycles. The van der Waals surface area contributed by atoms with Crippen molar-refractivity contribution in [2.45, 2.75) is 26.2 Å². The number of anilines is 1. The van der Waals surface area contributed by atoms with Gasteiger partial charge in [-0.15, -0.1) is 11.3 Å². The summed E-state index contributed by atoms with van der Waals surface area (Å²) in [7, 11) is 0.830. The zero-order valence-corrected chi connectivity index (χ0v) is 15.7. The summed E-state index contributed by atoms with van der Waals surface area (Å²) < 4.78 is 60.4. The van der Waals surface area contributed by atoms with Crippen LogP contribution in [0.2, 0.25) is 0 Å². The number of benzene rings is 1. The molecule has 2 amide bonds. The molecule has 2 aromatic rings. The molecule has 150 valence electrons. The van der Waals surface area contributed by atoms with E-state index in [1.807, 2.05) is 6.92 Å². The fraction of sp³-hybridized carbons (Fsp3) is 0.333. The number of nitrogens with two attached hydrogens (primary N) is 1. The van der Waals surface area contributed by atoms with E-state index in [9.17, 15) is 27.2 Å². The van der Waals surface area contributed by atoms with Crippen molar-refractivity contribution in [1.29, 1.82) is 0 Å². The van der Waals surface area contributed by atoms with E-state index >= 15 is 0 Å². The van der Waals surface area contributed by atoms with Crippen LogP contribution in [0, 0.1) is 29.2 Å². The van der Waals surface area contributed by atoms with Gasteiger partial charge in [0.15, 0.2) is 17.4 Å². The summed E-state index contributed by atoms with van der Waals surface area (Å²) >= 11 is 1.05. The van der Waals surface area contributed by atoms with Crippen molar-refractivity contribution in [2.75, 3.05) is 12.4 Å². The van der Waals surface area contributed by atoms with Gasteiger partial charge in [0.25, 0.3) is 11.8 Å². The minimum absolute atomic E-state index is 0.00738. The van der Waals surface area contributed by atoms with Gasteiger partial charge in [0.2, 0.25) is 11.6 Å². The Morgan fingerprint density at radius 1 is 1.11 bits per heavy atom. The third kappa shape index (κ3) is 3.21. The molecule has 3 N–H and O–H groups in total. The molecule has 0 unspecified atom stereocenters. The predicted molar refractivity (Wildman–Crippen MR) is 94.8 cm³/mol. The highest BCUT2D eigenvalue weighted by Gasteiger charge is 2.32. The van der Waals surface area contributed by atoms with Crippen molar-refractivity contribution in [3.8, 4) is 5.75 Å². The summed E-state index contributed by atoms with van der Waals surface area (Å²) in [6.45, 7) is 2.03. The Bertz CT molecular complexity index is 961. The van der Waals surface area contributed by atoms with E-state index < -0.39 is 46.4 Å². The van der Waals surface area contributed by atoms with Crippen LogP contribution in [0.3, 0.4) is 0 Å². The molecule has 0 fully saturated rings. The molecule has 5 nitrogen and oxygen atoms in total. The van der Waals surface area contributed by atoms with Crippen LogP contribution in [-0.2, 0) is 12.8 Å². The summed E-state index contributed by atoms with van der Waals surface area (Å²) in [5.74, 6) is -10.6. The van der Waals surface area contributed by atoms with E-state index in [4.69, 9.17) is 5.73 Å². The lowest BCUT2D eigenvalue weighted by molar-refractivity contribution is 0.1000. The topological polar surface area (TPSA) is 81.4 Å². The summed E-state index contributed by atoms with van der Waals surface area (Å²) in [5.41, 5.74) is 4.69. The molecule has 1 atom stereocenters. The number of carbonyl (C=O) groups is 2. The van der Waals surface area contributed by atoms with Crippen molar-refractivity contribution in [3.05, 3.63) is 44.8 Å². The van der Waals surface area contributed by atoms with E-state index in [1.165, 1.54) is 0 Å². The number of halogens is 4. The van der Waals surface area contributed by atoms with Crippen LogP contribution >= 0.6 is 11.3 Å². The van der Waals surface area contributed by atoms with Crippen LogP contribution in [0.1, 0.15) is 44.5 Å². The van der Waals surface area contributed by atoms with Crippen LogP contribution < -0.4 is 15.8 Å². The lowest BCUT2D eigenvalue weighted by Crippen LogP contribution is -2.21. The minimum Gasteiger partial charge on any atom is -0.491 e. The number of rotatable bonds is 4. The van der Waals surface area contributed by atoms with Crippen LogP contribution in [0.25, 0.3) is 0 Å². The first kappa shape index (κ1) is 20.1. The molecule has 3 rings (SSSR count). The average molecular weight is 416 g/mol. The van der Waals surface area contributed by atoms with Gasteiger partial charge < -0.3 is 15.8 Å². The number of amides is 2. The molecular formula is C18H16F4N2O3S. The second-order valence-electron chi connectivity index (χ2n) is 6.54. The van der Waals surface area contributed by atoms with Crippen LogP contribution in [-0.4, -0.2) is 18.9 Å². The number of fused-ring (bicyclic) bond motifs is 1. The minimum atomic E-state index is -1.90. The van der Waals surface area contributed by atoms with Crippen molar-refractivity contribution in [2.24, 2.45) is 11.7 Å². The summed E-state index contributed by atoms with van der Waals surface area (Å²) in [6, 6.07) is 0. The molecule has 0 radical (unpaired) electrons. The Morgan fingerprint density at radius 2 is 1.71 bits per heavy atom. The summed E-state index contributed by atoms with van der Waals surface area (Å²) in [4.78, 5) is 25.1. The highest BCUT2D eigenvalue weighted by molar-refractivity contribution is 7.17. The maximum Gasteiger partial charge on any atom is 0.262 e. The molecule has 28 heavy (non-hydrogen) atoms. The highest BCUT2D eigenvalue weighted by atomic mass is 32.1. The van der Waals surface area contributed by atoms with E-state index in [0.717, 1.165) is 29.7 Å². The van der Waals surface area contributed by atoms with Gasteiger partial charge >= 0.3 is 0 Å². The Morgan fingerprint density at radius 3 is 2.25 bits per heavy atom. The molecule has 1 aliphatic rings. The SMILES string of the molecule is COc1c(F)c(F)c(C(=O)Nc2sc3c(c2C(N)=O)CC[C@@H](C)C3)c(F)c1F. The molecule has 0 aliphatic heterocycles. The molecule has 10 heteroatoms. The number of hydrogen-bond acceptors (Lipinski definition) is 4. The van der Waals surface area contributed by atoms with Crippen molar-refractivity contribution >= 4 is 28.2 Å². The number of nitrogens with one attached hydrogen (secondary N) is 1. The molecule has 1 aromatic heterocycles. The van der Waals surface area contributed by atoms with Gasteiger partial charge in [0, 0.05) is 4.88 Å². The first-order valence-corrected chi connectivity index (χ1v) is 9.14. The second-order valence-corrected chi connectivity index (χ2v) is 7.64. The third-order valence-electron chi connectivity index (χ3n) is 4.64. The Labute approximate surface area is 161 Å². The largest absolute Gasteiger partial charge is 0.491 e. The van der Waals surface area contributed by atoms with Gasteiger partial charge in [0.1, 0.15) is 10.6 Å². The normalized spacial score (nSPS) is 15.9. The maximum atomic E-state index is 14.2. The molecule has 0 spiro atoms. The maximum absolute atomic E-state index is 14.2. The number of methoxy groups -OCH3 is 1. The molecule has 0 bridgehead atoms. The van der Waals surface area contributed by atoms with E-state index in [-0.39, 0.29) is 10.6 Å². The zero-order valence-electron chi connectivity index (χ0n) is 14.9. The van der Waals surface area contributed by atoms with Gasteiger partial charge in [-0.1, -0.05) is 6.92 Å². The van der Waals surface area contributed by atoms with E-state index in [0.29, 0.717) is 24.3 Å². The molecule has 1 heterocycles. The first-order chi connectivity index (χ1) is 13.2. The average Bonchev–Trinajstić information content (AvgIpc) is 2.97. The van der Waals surface area contributed by atoms with E-state index in [2.05, 4.69) is 10.1 Å². The van der Waals surface area contributed by atoms with Crippen LogP contribution in [0.15, 0.2) is 0 Å². The first-order valence-electron chi connectivity index (χ1n) is 8.32. The number of hydrogen-bond donors (Lipinski definition) is 2. The fourth-order valence-electron chi connectivity index (χ4n) is 3.26. The number of primary amides is 1. The van der Waals surface area contributed by atoms with Crippen LogP contribution in [0.5, 0.6) is 5.75 Å². The number of carbonyl (C=O) groups excluding carboxylic acids is 2. The van der Waals surface area contributed by atoms with Gasteiger partial charge in [-0.05, 0) is 30.7 Å². The quantitative estimate of drug-likeness (QED) is 0.588. The number of ether oxygens (including phenoxy) is 1. The van der Waals surface area contributed by atoms with Gasteiger partial charge in [0.05, 0.1) is 12.7 Å². The van der Waals surface area contributed by atoms with Gasteiger partial charge in [-0.3, -0.25) is 9.59 Å². The fourth-order valence-corrected chi connectivity index (χ4v) is 4.67. The smallest absolute Gasteiger partial charge is 0.262 e. The standard InChI is InChI=1S/C18H16F4N2O3S/c1-6-3-4-7-8(5-6)28-18(9(7)16(23)25)24-17(26)10-11(19)13(21)15(27-2)14(22)12(10)20/h6H,3-5H2,1-2H3,(H2,23,25)(H,24,26)/t6-/m1/s1. The van der Waals surface area contributed by atoms with Crippen molar-refractivity contribution < 1.29 is 31.9 Å². The lowest BCUT2D eigenvalue weighted by atomic mass is 9.88. The molecular weight excluding hydrogens is 400 g/mol. The Kier molecular flexibility index (Phi) is 5.33. The van der Waals surface area contributed by atoms with Gasteiger partial charge in [-0.25, -0.2) is 8.78 Å². The summed E-state index contributed by atoms with van der Waals surface area (Å²) in [5, 5.41) is 2.17. The number of thiophene rings is 1. The molecule has 0 saturated heterocycles. The third-order valence-corrected chi connectivity index (χ3v) is 5.81. The predicted octanol–water partition coefficient (Wildman–Crippen LogP) is 3.79. The Hall–Kier alpha value is -2.62. The second kappa shape index (κ2) is 7.42. The lowest BCUT2D eigenvalue weighted by Gasteiger charge is -2.18. The molecule has 1 aromatic carbocycles. The van der Waals surface area contributed by atoms with Crippen LogP contribution in [0.4, 0.5) is 22.6 Å². The summed E-state index contributed by atoms with van der Waals surface area (Å²) in [6.07, 6.45) is 2.04. The van der Waals surface area contributed by atoms with E-state index in [1.54, 1.807) is 0 Å². The van der Waals surface area contributed by atoms with Gasteiger partial charge in [-0.2, -0.15) is 8.78 Å². The Balaban J connectivity index is 2.05. The highest BCUT2D eigenvalue weighted by Crippen LogP contribution is 2.40. The van der Waals surface area contributed by atoms with Crippen molar-refractivity contribution in [3.63, 3.8) is 0 Å². The zero-order chi connectivity index (χ0) is 20.7. The van der Waals surface area contributed by atoms with Crippen molar-refractivity contribution in [1.82, 2.24) is 0 Å². The molecule has 1 aliphatic carbocycles. The monoisotopic (exact) mass is 416 g/mol.